The first-order valence-electron chi connectivity index (χ1n) is 13.0. The SMILES string of the molecule is C=CC(=O)N1CCN(c2nc(=O)n(-c3ccccc3C(C)C)c3nc(-c4cc(O)ccc4Br)c(Cl)cc23)[C@@H](C)C1. The number of nitrogens with zero attached hydrogens (tertiary/aromatic N) is 5. The molecule has 5 rings (SSSR count). The Morgan fingerprint density at radius 3 is 2.62 bits per heavy atom. The van der Waals surface area contributed by atoms with Crippen molar-refractivity contribution >= 4 is 50.3 Å². The van der Waals surface area contributed by atoms with Crippen molar-refractivity contribution in [3.63, 3.8) is 0 Å². The second-order valence-electron chi connectivity index (χ2n) is 10.2. The number of rotatable bonds is 5. The first kappa shape index (κ1) is 27.9. The number of hydrogen-bond donors (Lipinski definition) is 1. The molecule has 0 aliphatic carbocycles. The average molecular weight is 623 g/mol. The molecule has 0 spiro atoms. The Morgan fingerprint density at radius 1 is 1.18 bits per heavy atom. The van der Waals surface area contributed by atoms with Gasteiger partial charge in [-0.3, -0.25) is 4.79 Å². The van der Waals surface area contributed by atoms with Crippen LogP contribution < -0.4 is 10.6 Å². The summed E-state index contributed by atoms with van der Waals surface area (Å²) in [7, 11) is 0. The molecule has 0 saturated carbocycles. The van der Waals surface area contributed by atoms with Crippen LogP contribution in [0.4, 0.5) is 5.82 Å². The zero-order valence-corrected chi connectivity index (χ0v) is 24.8. The fourth-order valence-electron chi connectivity index (χ4n) is 5.21. The van der Waals surface area contributed by atoms with Crippen molar-refractivity contribution in [3.05, 3.63) is 86.7 Å². The minimum atomic E-state index is -0.469. The van der Waals surface area contributed by atoms with Crippen molar-refractivity contribution in [2.24, 2.45) is 0 Å². The maximum atomic E-state index is 13.9. The molecule has 0 bridgehead atoms. The van der Waals surface area contributed by atoms with E-state index in [1.165, 1.54) is 10.6 Å². The lowest BCUT2D eigenvalue weighted by Crippen LogP contribution is -2.54. The van der Waals surface area contributed by atoms with Crippen molar-refractivity contribution in [3.8, 4) is 22.7 Å². The van der Waals surface area contributed by atoms with Crippen LogP contribution in [0.25, 0.3) is 28.0 Å². The number of benzene rings is 2. The van der Waals surface area contributed by atoms with Crippen molar-refractivity contribution < 1.29 is 9.90 Å². The second-order valence-corrected chi connectivity index (χ2v) is 11.4. The van der Waals surface area contributed by atoms with Gasteiger partial charge in [-0.2, -0.15) is 4.98 Å². The summed E-state index contributed by atoms with van der Waals surface area (Å²) < 4.78 is 2.23. The highest BCUT2D eigenvalue weighted by Crippen LogP contribution is 2.38. The number of para-hydroxylation sites is 1. The third-order valence-electron chi connectivity index (χ3n) is 7.19. The predicted molar refractivity (Wildman–Crippen MR) is 163 cm³/mol. The molecule has 0 radical (unpaired) electrons. The Bertz CT molecular complexity index is 1700. The van der Waals surface area contributed by atoms with Crippen LogP contribution in [0.5, 0.6) is 5.75 Å². The summed E-state index contributed by atoms with van der Waals surface area (Å²) >= 11 is 10.4. The van der Waals surface area contributed by atoms with Crippen molar-refractivity contribution in [2.45, 2.75) is 32.7 Å². The number of aromatic nitrogens is 3. The van der Waals surface area contributed by atoms with Gasteiger partial charge in [-0.15, -0.1) is 0 Å². The molecule has 1 amide bonds. The van der Waals surface area contributed by atoms with Crippen LogP contribution >= 0.6 is 27.5 Å². The van der Waals surface area contributed by atoms with Crippen molar-refractivity contribution in [2.75, 3.05) is 24.5 Å². The van der Waals surface area contributed by atoms with E-state index in [0.29, 0.717) is 62.9 Å². The summed E-state index contributed by atoms with van der Waals surface area (Å²) in [6.07, 6.45) is 1.31. The van der Waals surface area contributed by atoms with Gasteiger partial charge in [0, 0.05) is 35.7 Å². The number of carbonyl (C=O) groups excluding carboxylic acids is 1. The average Bonchev–Trinajstić information content (AvgIpc) is 2.93. The molecular weight excluding hydrogens is 594 g/mol. The van der Waals surface area contributed by atoms with Gasteiger partial charge in [0.1, 0.15) is 11.6 Å². The molecule has 8 nitrogen and oxygen atoms in total. The molecular formula is C30H29BrClN5O3. The van der Waals surface area contributed by atoms with E-state index in [1.54, 1.807) is 29.2 Å². The van der Waals surface area contributed by atoms with Gasteiger partial charge < -0.3 is 14.9 Å². The van der Waals surface area contributed by atoms with Crippen LogP contribution in [0.15, 0.2) is 70.5 Å². The second kappa shape index (κ2) is 11.1. The van der Waals surface area contributed by atoms with Crippen LogP contribution in [0.1, 0.15) is 32.3 Å². The zero-order valence-electron chi connectivity index (χ0n) is 22.4. The quantitative estimate of drug-likeness (QED) is 0.278. The summed E-state index contributed by atoms with van der Waals surface area (Å²) in [4.78, 5) is 39.4. The third kappa shape index (κ3) is 4.99. The van der Waals surface area contributed by atoms with Gasteiger partial charge >= 0.3 is 5.69 Å². The van der Waals surface area contributed by atoms with Gasteiger partial charge in [-0.05, 0) is 54.8 Å². The van der Waals surface area contributed by atoms with Gasteiger partial charge in [0.15, 0.2) is 5.65 Å². The van der Waals surface area contributed by atoms with Crippen molar-refractivity contribution in [1.29, 1.82) is 0 Å². The predicted octanol–water partition coefficient (Wildman–Crippen LogP) is 5.92. The van der Waals surface area contributed by atoms with Crippen molar-refractivity contribution in [1.82, 2.24) is 19.4 Å². The molecule has 2 aromatic carbocycles. The van der Waals surface area contributed by atoms with E-state index in [4.69, 9.17) is 16.6 Å². The number of carbonyl (C=O) groups is 1. The standard InChI is InChI=1S/C30H29BrClN5O3/c1-5-26(39)35-12-13-36(18(4)16-35)28-22-15-24(32)27(21-14-19(38)10-11-23(21)31)33-29(22)37(30(40)34-28)25-9-7-6-8-20(25)17(2)3/h5-11,14-15,17-18,38H,1,12-13,16H2,2-4H3/t18-/m0/s1. The summed E-state index contributed by atoms with van der Waals surface area (Å²) in [6.45, 7) is 11.1. The molecule has 1 fully saturated rings. The maximum absolute atomic E-state index is 13.9. The Balaban J connectivity index is 1.80. The Hall–Kier alpha value is -3.69. The molecule has 40 heavy (non-hydrogen) atoms. The minimum absolute atomic E-state index is 0.0647. The Morgan fingerprint density at radius 2 is 1.93 bits per heavy atom. The largest absolute Gasteiger partial charge is 0.508 e. The molecule has 1 aliphatic rings. The van der Waals surface area contributed by atoms with E-state index in [9.17, 15) is 14.7 Å². The molecule has 2 aromatic heterocycles. The summed E-state index contributed by atoms with van der Waals surface area (Å²) in [6, 6.07) is 14.2. The van der Waals surface area contributed by atoms with E-state index in [-0.39, 0.29) is 23.6 Å². The van der Waals surface area contributed by atoms with Crippen LogP contribution in [0, 0.1) is 0 Å². The fourth-order valence-corrected chi connectivity index (χ4v) is 5.89. The topological polar surface area (TPSA) is 91.6 Å². The van der Waals surface area contributed by atoms with Gasteiger partial charge in [0.25, 0.3) is 0 Å². The van der Waals surface area contributed by atoms with Crippen LogP contribution in [-0.4, -0.2) is 56.1 Å². The number of hydrogen-bond acceptors (Lipinski definition) is 6. The first-order chi connectivity index (χ1) is 19.1. The Labute approximate surface area is 245 Å². The molecule has 0 unspecified atom stereocenters. The van der Waals surface area contributed by atoms with Crippen LogP contribution in [0.2, 0.25) is 5.02 Å². The first-order valence-corrected chi connectivity index (χ1v) is 14.2. The molecule has 3 heterocycles. The highest BCUT2D eigenvalue weighted by atomic mass is 79.9. The van der Waals surface area contributed by atoms with Crippen LogP contribution in [0.3, 0.4) is 0 Å². The summed E-state index contributed by atoms with van der Waals surface area (Å²) in [5.41, 5.74) is 2.60. The summed E-state index contributed by atoms with van der Waals surface area (Å²) in [5.74, 6) is 0.540. The fraction of sp³-hybridized carbons (Fsp3) is 0.267. The lowest BCUT2D eigenvalue weighted by atomic mass is 10.0. The number of phenolic OH excluding ortho intramolecular Hbond substituents is 1. The molecule has 1 N–H and O–H groups in total. The minimum Gasteiger partial charge on any atom is -0.508 e. The smallest absolute Gasteiger partial charge is 0.355 e. The number of fused-ring (bicyclic) bond motifs is 1. The van der Waals surface area contributed by atoms with E-state index in [1.807, 2.05) is 36.1 Å². The highest BCUT2D eigenvalue weighted by molar-refractivity contribution is 9.10. The lowest BCUT2D eigenvalue weighted by molar-refractivity contribution is -0.126. The van der Waals surface area contributed by atoms with Crippen LogP contribution in [-0.2, 0) is 4.79 Å². The maximum Gasteiger partial charge on any atom is 0.355 e. The number of piperazine rings is 1. The van der Waals surface area contributed by atoms with E-state index >= 15 is 0 Å². The normalized spacial score (nSPS) is 15.6. The number of anilines is 1. The Kier molecular flexibility index (Phi) is 7.70. The highest BCUT2D eigenvalue weighted by Gasteiger charge is 2.30. The number of aromatic hydroxyl groups is 1. The lowest BCUT2D eigenvalue weighted by Gasteiger charge is -2.40. The van der Waals surface area contributed by atoms with Gasteiger partial charge in [0.2, 0.25) is 5.91 Å². The number of phenols is 1. The number of halogens is 2. The zero-order chi connectivity index (χ0) is 28.7. The van der Waals surface area contributed by atoms with E-state index in [0.717, 1.165) is 5.56 Å². The van der Waals surface area contributed by atoms with Gasteiger partial charge in [-0.1, -0.05) is 66.2 Å². The molecule has 4 aromatic rings. The van der Waals surface area contributed by atoms with Gasteiger partial charge in [-0.25, -0.2) is 14.3 Å². The van der Waals surface area contributed by atoms with E-state index < -0.39 is 5.69 Å². The third-order valence-corrected chi connectivity index (χ3v) is 8.17. The molecule has 10 heteroatoms. The summed E-state index contributed by atoms with van der Waals surface area (Å²) in [5, 5.41) is 11.2. The molecule has 1 saturated heterocycles. The molecule has 206 valence electrons. The van der Waals surface area contributed by atoms with E-state index in [2.05, 4.69) is 41.3 Å². The number of pyridine rings is 1. The molecule has 1 aliphatic heterocycles. The molecule has 1 atom stereocenters. The van der Waals surface area contributed by atoms with Gasteiger partial charge in [0.05, 0.1) is 21.8 Å². The monoisotopic (exact) mass is 621 g/mol. The number of amides is 1.